The third-order valence-corrected chi connectivity index (χ3v) is 3.42. The standard InChI is InChI=1S/C10H22N2O3S/c1-4-12(10(13)6-5-7-11)9(2)8-16(3,14)15/h9H,4-8,11H2,1-3H3. The highest BCUT2D eigenvalue weighted by Gasteiger charge is 2.21. The Morgan fingerprint density at radius 2 is 2.00 bits per heavy atom. The number of hydrogen-bond donors (Lipinski definition) is 1. The summed E-state index contributed by atoms with van der Waals surface area (Å²) in [6, 6.07) is -0.273. The molecule has 0 aromatic rings. The molecule has 0 aliphatic carbocycles. The lowest BCUT2D eigenvalue weighted by atomic mass is 10.2. The minimum atomic E-state index is -3.05. The van der Waals surface area contributed by atoms with Crippen molar-refractivity contribution < 1.29 is 13.2 Å². The van der Waals surface area contributed by atoms with Crippen LogP contribution in [-0.4, -0.2) is 50.4 Å². The molecule has 1 unspecified atom stereocenters. The average Bonchev–Trinajstić information content (AvgIpc) is 2.12. The molecule has 0 saturated heterocycles. The summed E-state index contributed by atoms with van der Waals surface area (Å²) in [6.45, 7) is 4.61. The van der Waals surface area contributed by atoms with Crippen molar-refractivity contribution in [2.75, 3.05) is 25.1 Å². The fourth-order valence-corrected chi connectivity index (χ4v) is 2.72. The van der Waals surface area contributed by atoms with Crippen molar-refractivity contribution >= 4 is 15.7 Å². The van der Waals surface area contributed by atoms with Crippen molar-refractivity contribution in [1.82, 2.24) is 4.90 Å². The van der Waals surface area contributed by atoms with Crippen molar-refractivity contribution in [3.63, 3.8) is 0 Å². The molecule has 0 aromatic heterocycles. The van der Waals surface area contributed by atoms with Crippen LogP contribution in [0.4, 0.5) is 0 Å². The maximum absolute atomic E-state index is 11.7. The van der Waals surface area contributed by atoms with Gasteiger partial charge in [-0.15, -0.1) is 0 Å². The molecule has 2 N–H and O–H groups in total. The predicted molar refractivity (Wildman–Crippen MR) is 64.8 cm³/mol. The first-order chi connectivity index (χ1) is 7.31. The van der Waals surface area contributed by atoms with E-state index in [1.54, 1.807) is 11.8 Å². The highest BCUT2D eigenvalue weighted by molar-refractivity contribution is 7.90. The molecule has 96 valence electrons. The van der Waals surface area contributed by atoms with Crippen molar-refractivity contribution in [3.05, 3.63) is 0 Å². The molecule has 1 atom stereocenters. The number of nitrogens with two attached hydrogens (primary N) is 1. The van der Waals surface area contributed by atoms with E-state index in [1.807, 2.05) is 6.92 Å². The molecule has 0 aliphatic heterocycles. The Labute approximate surface area is 97.9 Å². The fraction of sp³-hybridized carbons (Fsp3) is 0.900. The molecular weight excluding hydrogens is 228 g/mol. The molecule has 0 aliphatic rings. The van der Waals surface area contributed by atoms with Crippen LogP contribution in [0.1, 0.15) is 26.7 Å². The molecule has 0 heterocycles. The van der Waals surface area contributed by atoms with Crippen LogP contribution in [0.5, 0.6) is 0 Å². The molecule has 0 saturated carbocycles. The summed E-state index contributed by atoms with van der Waals surface area (Å²) in [5.41, 5.74) is 5.33. The van der Waals surface area contributed by atoms with Crippen LogP contribution in [-0.2, 0) is 14.6 Å². The van der Waals surface area contributed by atoms with Crippen molar-refractivity contribution in [2.45, 2.75) is 32.7 Å². The molecule has 5 nitrogen and oxygen atoms in total. The van der Waals surface area contributed by atoms with Gasteiger partial charge in [0.2, 0.25) is 5.91 Å². The van der Waals surface area contributed by atoms with Crippen LogP contribution in [0.2, 0.25) is 0 Å². The molecule has 6 heteroatoms. The van der Waals surface area contributed by atoms with Crippen molar-refractivity contribution in [3.8, 4) is 0 Å². The summed E-state index contributed by atoms with van der Waals surface area (Å²) >= 11 is 0. The second-order valence-electron chi connectivity index (χ2n) is 4.01. The summed E-state index contributed by atoms with van der Waals surface area (Å²) < 4.78 is 22.3. The van der Waals surface area contributed by atoms with Gasteiger partial charge in [0, 0.05) is 25.3 Å². The first-order valence-electron chi connectivity index (χ1n) is 5.49. The van der Waals surface area contributed by atoms with Gasteiger partial charge >= 0.3 is 0 Å². The topological polar surface area (TPSA) is 80.5 Å². The van der Waals surface area contributed by atoms with Crippen molar-refractivity contribution in [1.29, 1.82) is 0 Å². The normalized spacial score (nSPS) is 13.5. The minimum Gasteiger partial charge on any atom is -0.339 e. The van der Waals surface area contributed by atoms with Crippen LogP contribution < -0.4 is 5.73 Å². The van der Waals surface area contributed by atoms with Gasteiger partial charge < -0.3 is 10.6 Å². The van der Waals surface area contributed by atoms with E-state index in [4.69, 9.17) is 5.73 Å². The quantitative estimate of drug-likeness (QED) is 0.690. The summed E-state index contributed by atoms with van der Waals surface area (Å²) in [5.74, 6) is -0.0148. The number of hydrogen-bond acceptors (Lipinski definition) is 4. The molecular formula is C10H22N2O3S. The average molecular weight is 250 g/mol. The number of nitrogens with zero attached hydrogens (tertiary/aromatic N) is 1. The number of amides is 1. The number of carbonyl (C=O) groups excluding carboxylic acids is 1. The number of rotatable bonds is 7. The minimum absolute atomic E-state index is 0.00913. The van der Waals surface area contributed by atoms with Crippen LogP contribution >= 0.6 is 0 Å². The molecule has 1 amide bonds. The SMILES string of the molecule is CCN(C(=O)CCCN)C(C)CS(C)(=O)=O. The van der Waals surface area contributed by atoms with Crippen LogP contribution in [0.15, 0.2) is 0 Å². The molecule has 0 aromatic carbocycles. The van der Waals surface area contributed by atoms with E-state index in [9.17, 15) is 13.2 Å². The molecule has 0 radical (unpaired) electrons. The molecule has 0 rings (SSSR count). The van der Waals surface area contributed by atoms with Gasteiger partial charge in [-0.1, -0.05) is 0 Å². The molecule has 0 bridgehead atoms. The Balaban J connectivity index is 4.42. The van der Waals surface area contributed by atoms with E-state index in [-0.39, 0.29) is 17.7 Å². The summed E-state index contributed by atoms with van der Waals surface area (Å²) in [5, 5.41) is 0. The van der Waals surface area contributed by atoms with Crippen LogP contribution in [0, 0.1) is 0 Å². The van der Waals surface area contributed by atoms with E-state index < -0.39 is 9.84 Å². The summed E-state index contributed by atoms with van der Waals surface area (Å²) in [4.78, 5) is 13.3. The van der Waals surface area contributed by atoms with Gasteiger partial charge in [0.1, 0.15) is 9.84 Å². The maximum Gasteiger partial charge on any atom is 0.222 e. The third kappa shape index (κ3) is 6.07. The predicted octanol–water partition coefficient (Wildman–Crippen LogP) is 0.00690. The van der Waals surface area contributed by atoms with E-state index in [0.29, 0.717) is 25.9 Å². The van der Waals surface area contributed by atoms with Gasteiger partial charge in [-0.2, -0.15) is 0 Å². The lowest BCUT2D eigenvalue weighted by Crippen LogP contribution is -2.42. The Morgan fingerprint density at radius 3 is 2.38 bits per heavy atom. The zero-order valence-electron chi connectivity index (χ0n) is 10.3. The Hall–Kier alpha value is -0.620. The third-order valence-electron chi connectivity index (χ3n) is 2.33. The van der Waals surface area contributed by atoms with Gasteiger partial charge in [-0.05, 0) is 26.8 Å². The van der Waals surface area contributed by atoms with Crippen molar-refractivity contribution in [2.24, 2.45) is 5.73 Å². The Morgan fingerprint density at radius 1 is 1.44 bits per heavy atom. The Bertz CT molecular complexity index is 314. The largest absolute Gasteiger partial charge is 0.339 e. The fourth-order valence-electron chi connectivity index (χ4n) is 1.66. The van der Waals surface area contributed by atoms with Gasteiger partial charge in [0.15, 0.2) is 0 Å². The summed E-state index contributed by atoms with van der Waals surface area (Å²) in [6.07, 6.45) is 2.21. The van der Waals surface area contributed by atoms with E-state index >= 15 is 0 Å². The highest BCUT2D eigenvalue weighted by atomic mass is 32.2. The monoisotopic (exact) mass is 250 g/mol. The van der Waals surface area contributed by atoms with Gasteiger partial charge in [0.25, 0.3) is 0 Å². The van der Waals surface area contributed by atoms with Gasteiger partial charge in [0.05, 0.1) is 5.75 Å². The van der Waals surface area contributed by atoms with E-state index in [2.05, 4.69) is 0 Å². The first kappa shape index (κ1) is 15.4. The van der Waals surface area contributed by atoms with Gasteiger partial charge in [-0.25, -0.2) is 8.42 Å². The molecule has 0 spiro atoms. The second kappa shape index (κ2) is 6.85. The first-order valence-corrected chi connectivity index (χ1v) is 7.55. The number of sulfone groups is 1. The Kier molecular flexibility index (Phi) is 6.59. The summed E-state index contributed by atoms with van der Waals surface area (Å²) in [7, 11) is -3.05. The smallest absolute Gasteiger partial charge is 0.222 e. The van der Waals surface area contributed by atoms with Gasteiger partial charge in [-0.3, -0.25) is 4.79 Å². The zero-order chi connectivity index (χ0) is 12.8. The molecule has 16 heavy (non-hydrogen) atoms. The van der Waals surface area contributed by atoms with Crippen LogP contribution in [0.3, 0.4) is 0 Å². The highest BCUT2D eigenvalue weighted by Crippen LogP contribution is 2.06. The lowest BCUT2D eigenvalue weighted by molar-refractivity contribution is -0.132. The van der Waals surface area contributed by atoms with E-state index in [1.165, 1.54) is 6.26 Å². The maximum atomic E-state index is 11.7. The zero-order valence-corrected chi connectivity index (χ0v) is 11.1. The second-order valence-corrected chi connectivity index (χ2v) is 6.20. The van der Waals surface area contributed by atoms with E-state index in [0.717, 1.165) is 0 Å². The lowest BCUT2D eigenvalue weighted by Gasteiger charge is -2.27. The number of carbonyl (C=O) groups is 1. The van der Waals surface area contributed by atoms with Crippen LogP contribution in [0.25, 0.3) is 0 Å². The molecule has 0 fully saturated rings.